The van der Waals surface area contributed by atoms with Gasteiger partial charge in [0.1, 0.15) is 4.34 Å². The molecule has 0 aliphatic carbocycles. The van der Waals surface area contributed by atoms with Crippen LogP contribution in [0.4, 0.5) is 0 Å². The molecule has 0 unspecified atom stereocenters. The predicted molar refractivity (Wildman–Crippen MR) is 72.9 cm³/mol. The van der Waals surface area contributed by atoms with Gasteiger partial charge in [0.2, 0.25) is 0 Å². The fraction of sp³-hybridized carbons (Fsp3) is 0.167. The summed E-state index contributed by atoms with van der Waals surface area (Å²) in [5, 5.41) is 0. The van der Waals surface area contributed by atoms with Crippen molar-refractivity contribution in [2.75, 3.05) is 14.2 Å². The summed E-state index contributed by atoms with van der Waals surface area (Å²) in [6, 6.07) is 7.49. The van der Waals surface area contributed by atoms with Crippen LogP contribution in [0.3, 0.4) is 0 Å². The second kappa shape index (κ2) is 5.17. The average Bonchev–Trinajstić information content (AvgIpc) is 2.67. The molecule has 0 amide bonds. The Morgan fingerprint density at radius 3 is 2.24 bits per heavy atom. The lowest BCUT2D eigenvalue weighted by Gasteiger charge is -2.09. The molecule has 2 aromatic rings. The third kappa shape index (κ3) is 2.51. The van der Waals surface area contributed by atoms with E-state index in [9.17, 15) is 0 Å². The van der Waals surface area contributed by atoms with Gasteiger partial charge >= 0.3 is 0 Å². The highest BCUT2D eigenvalue weighted by molar-refractivity contribution is 7.20. The maximum atomic E-state index is 6.11. The Morgan fingerprint density at radius 2 is 1.71 bits per heavy atom. The molecule has 0 bridgehead atoms. The molecule has 5 heteroatoms. The van der Waals surface area contributed by atoms with E-state index in [4.69, 9.17) is 32.7 Å². The van der Waals surface area contributed by atoms with Gasteiger partial charge in [0, 0.05) is 5.56 Å². The first-order chi connectivity index (χ1) is 8.15. The minimum atomic E-state index is 0.666. The van der Waals surface area contributed by atoms with Crippen LogP contribution in [0, 0.1) is 0 Å². The summed E-state index contributed by atoms with van der Waals surface area (Å²) in [5.41, 5.74) is 1.86. The number of methoxy groups -OCH3 is 2. The Bertz CT molecular complexity index is 537. The smallest absolute Gasteiger partial charge is 0.161 e. The molecule has 1 aromatic heterocycles. The molecule has 0 spiro atoms. The van der Waals surface area contributed by atoms with Crippen molar-refractivity contribution in [3.05, 3.63) is 32.9 Å². The number of ether oxygens (including phenoxy) is 2. The van der Waals surface area contributed by atoms with Gasteiger partial charge in [0.05, 0.1) is 18.6 Å². The molecule has 2 nitrogen and oxygen atoms in total. The fourth-order valence-corrected chi connectivity index (χ4v) is 3.05. The highest BCUT2D eigenvalue weighted by Gasteiger charge is 2.11. The van der Waals surface area contributed by atoms with E-state index in [2.05, 4.69) is 0 Å². The second-order valence-corrected chi connectivity index (χ2v) is 5.59. The molecular formula is C12H10Cl2O2S. The van der Waals surface area contributed by atoms with Gasteiger partial charge < -0.3 is 9.47 Å². The fourth-order valence-electron chi connectivity index (χ4n) is 1.54. The van der Waals surface area contributed by atoms with Crippen LogP contribution >= 0.6 is 34.5 Å². The number of rotatable bonds is 3. The largest absolute Gasteiger partial charge is 0.493 e. The quantitative estimate of drug-likeness (QED) is 0.812. The first-order valence-corrected chi connectivity index (χ1v) is 6.40. The van der Waals surface area contributed by atoms with E-state index in [1.807, 2.05) is 24.3 Å². The van der Waals surface area contributed by atoms with Gasteiger partial charge in [0.25, 0.3) is 0 Å². The van der Waals surface area contributed by atoms with Crippen LogP contribution in [0.25, 0.3) is 11.1 Å². The van der Waals surface area contributed by atoms with E-state index in [1.54, 1.807) is 14.2 Å². The second-order valence-electron chi connectivity index (χ2n) is 3.31. The van der Waals surface area contributed by atoms with Crippen LogP contribution in [0.5, 0.6) is 11.5 Å². The monoisotopic (exact) mass is 288 g/mol. The van der Waals surface area contributed by atoms with E-state index in [-0.39, 0.29) is 0 Å². The molecule has 0 aliphatic heterocycles. The normalized spacial score (nSPS) is 10.4. The van der Waals surface area contributed by atoms with Crippen molar-refractivity contribution >= 4 is 34.5 Å². The molecule has 1 heterocycles. The molecule has 0 atom stereocenters. The summed E-state index contributed by atoms with van der Waals surface area (Å²) < 4.78 is 11.8. The van der Waals surface area contributed by atoms with E-state index in [0.717, 1.165) is 11.1 Å². The van der Waals surface area contributed by atoms with Crippen LogP contribution in [0.2, 0.25) is 8.67 Å². The first-order valence-electron chi connectivity index (χ1n) is 4.83. The minimum absolute atomic E-state index is 0.666. The number of thiophene rings is 1. The third-order valence-electron chi connectivity index (χ3n) is 2.35. The molecule has 2 rings (SSSR count). The number of hydrogen-bond acceptors (Lipinski definition) is 3. The summed E-state index contributed by atoms with van der Waals surface area (Å²) in [6.07, 6.45) is 0. The molecule has 17 heavy (non-hydrogen) atoms. The molecule has 0 aliphatic rings. The molecule has 0 N–H and O–H groups in total. The van der Waals surface area contributed by atoms with Gasteiger partial charge in [-0.05, 0) is 23.8 Å². The van der Waals surface area contributed by atoms with Gasteiger partial charge in [-0.3, -0.25) is 0 Å². The predicted octanol–water partition coefficient (Wildman–Crippen LogP) is 4.74. The van der Waals surface area contributed by atoms with E-state index in [1.165, 1.54) is 11.3 Å². The van der Waals surface area contributed by atoms with Crippen molar-refractivity contribution in [2.45, 2.75) is 0 Å². The molecule has 1 aromatic carbocycles. The Hall–Kier alpha value is -0.900. The summed E-state index contributed by atoms with van der Waals surface area (Å²) in [4.78, 5) is 0. The maximum Gasteiger partial charge on any atom is 0.161 e. The zero-order valence-electron chi connectivity index (χ0n) is 9.29. The topological polar surface area (TPSA) is 18.5 Å². The molecular weight excluding hydrogens is 279 g/mol. The van der Waals surface area contributed by atoms with Crippen LogP contribution in [0.15, 0.2) is 24.3 Å². The molecule has 0 fully saturated rings. The lowest BCUT2D eigenvalue weighted by Crippen LogP contribution is -1.90. The lowest BCUT2D eigenvalue weighted by atomic mass is 10.1. The van der Waals surface area contributed by atoms with Gasteiger partial charge in [-0.25, -0.2) is 0 Å². The van der Waals surface area contributed by atoms with Crippen molar-refractivity contribution < 1.29 is 9.47 Å². The first kappa shape index (κ1) is 12.6. The highest BCUT2D eigenvalue weighted by atomic mass is 35.5. The Kier molecular flexibility index (Phi) is 3.82. The standard InChI is InChI=1S/C12H10Cl2O2S/c1-15-9-4-3-7(5-10(9)16-2)8-6-11(13)17-12(8)14/h3-6H,1-2H3. The van der Waals surface area contributed by atoms with Gasteiger partial charge in [0.15, 0.2) is 11.5 Å². The molecule has 0 saturated heterocycles. The average molecular weight is 289 g/mol. The van der Waals surface area contributed by atoms with Crippen molar-refractivity contribution in [2.24, 2.45) is 0 Å². The van der Waals surface area contributed by atoms with Crippen LogP contribution in [-0.4, -0.2) is 14.2 Å². The van der Waals surface area contributed by atoms with Crippen LogP contribution < -0.4 is 9.47 Å². The van der Waals surface area contributed by atoms with Crippen molar-refractivity contribution in [3.8, 4) is 22.6 Å². The van der Waals surface area contributed by atoms with Crippen LogP contribution in [0.1, 0.15) is 0 Å². The van der Waals surface area contributed by atoms with Gasteiger partial charge in [-0.2, -0.15) is 0 Å². The summed E-state index contributed by atoms with van der Waals surface area (Å²) in [6.45, 7) is 0. The van der Waals surface area contributed by atoms with Gasteiger partial charge in [-0.15, -0.1) is 11.3 Å². The molecule has 0 saturated carbocycles. The Balaban J connectivity index is 2.50. The molecule has 90 valence electrons. The van der Waals surface area contributed by atoms with Crippen molar-refractivity contribution in [1.29, 1.82) is 0 Å². The number of halogens is 2. The molecule has 0 radical (unpaired) electrons. The summed E-state index contributed by atoms with van der Waals surface area (Å²) >= 11 is 13.4. The van der Waals surface area contributed by atoms with Gasteiger partial charge in [-0.1, -0.05) is 29.3 Å². The lowest BCUT2D eigenvalue weighted by molar-refractivity contribution is 0.355. The zero-order chi connectivity index (χ0) is 12.4. The number of hydrogen-bond donors (Lipinski definition) is 0. The van der Waals surface area contributed by atoms with Crippen molar-refractivity contribution in [3.63, 3.8) is 0 Å². The van der Waals surface area contributed by atoms with E-state index >= 15 is 0 Å². The minimum Gasteiger partial charge on any atom is -0.493 e. The maximum absolute atomic E-state index is 6.11. The Labute approximate surface area is 114 Å². The summed E-state index contributed by atoms with van der Waals surface area (Å²) in [5.74, 6) is 1.36. The zero-order valence-corrected chi connectivity index (χ0v) is 11.6. The third-order valence-corrected chi connectivity index (χ3v) is 3.84. The van der Waals surface area contributed by atoms with Crippen molar-refractivity contribution in [1.82, 2.24) is 0 Å². The highest BCUT2D eigenvalue weighted by Crippen LogP contribution is 2.40. The van der Waals surface area contributed by atoms with Crippen LogP contribution in [-0.2, 0) is 0 Å². The van der Waals surface area contributed by atoms with E-state index < -0.39 is 0 Å². The Morgan fingerprint density at radius 1 is 1.00 bits per heavy atom. The number of benzene rings is 1. The SMILES string of the molecule is COc1ccc(-c2cc(Cl)sc2Cl)cc1OC. The summed E-state index contributed by atoms with van der Waals surface area (Å²) in [7, 11) is 3.20. The van der Waals surface area contributed by atoms with E-state index in [0.29, 0.717) is 20.2 Å².